The van der Waals surface area contributed by atoms with Gasteiger partial charge in [0.1, 0.15) is 12.9 Å². The second-order valence-electron chi connectivity index (χ2n) is 5.24. The van der Waals surface area contributed by atoms with Crippen LogP contribution in [0, 0.1) is 0 Å². The minimum Gasteiger partial charge on any atom is -0.493 e. The minimum absolute atomic E-state index is 0.506. The van der Waals surface area contributed by atoms with Crippen LogP contribution < -0.4 is 9.47 Å². The van der Waals surface area contributed by atoms with Crippen LogP contribution in [0.1, 0.15) is 27.0 Å². The summed E-state index contributed by atoms with van der Waals surface area (Å²) in [6, 6.07) is 7.74. The normalized spacial score (nSPS) is 14.7. The monoisotopic (exact) mass is 282 g/mol. The van der Waals surface area contributed by atoms with E-state index in [0.717, 1.165) is 23.0 Å². The number of hydrogen-bond acceptors (Lipinski definition) is 4. The lowest BCUT2D eigenvalue weighted by atomic mass is 9.89. The molecule has 0 aromatic heterocycles. The van der Waals surface area contributed by atoms with Gasteiger partial charge in [0.2, 0.25) is 0 Å². The molecule has 2 aromatic carbocycles. The number of benzene rings is 2. The standard InChI is InChI=1S/C17H14O4/c1-19-15-5-10(6-18)4-13-16-12(8-21-17(13)15)3-2-11-7-20-9-14(11)16/h2-6H,7-9H2,1H3. The molecule has 4 nitrogen and oxygen atoms in total. The third kappa shape index (κ3) is 1.76. The van der Waals surface area contributed by atoms with Gasteiger partial charge in [0.05, 0.1) is 20.3 Å². The molecule has 2 aromatic rings. The van der Waals surface area contributed by atoms with Gasteiger partial charge in [-0.25, -0.2) is 0 Å². The zero-order valence-electron chi connectivity index (χ0n) is 11.6. The van der Waals surface area contributed by atoms with Crippen molar-refractivity contribution in [3.63, 3.8) is 0 Å². The summed E-state index contributed by atoms with van der Waals surface area (Å²) in [4.78, 5) is 11.2. The van der Waals surface area contributed by atoms with Crippen molar-refractivity contribution in [1.82, 2.24) is 0 Å². The van der Waals surface area contributed by atoms with Gasteiger partial charge in [0.25, 0.3) is 0 Å². The highest BCUT2D eigenvalue weighted by Gasteiger charge is 2.27. The maximum Gasteiger partial charge on any atom is 0.169 e. The molecular formula is C17H14O4. The molecule has 0 spiro atoms. The SMILES string of the molecule is COc1cc(C=O)cc2c1OCc1ccc3c(c1-2)COC3. The summed E-state index contributed by atoms with van der Waals surface area (Å²) in [5.74, 6) is 1.30. The van der Waals surface area contributed by atoms with Crippen molar-refractivity contribution in [3.05, 3.63) is 46.5 Å². The number of aldehydes is 1. The van der Waals surface area contributed by atoms with Crippen LogP contribution in [0.25, 0.3) is 11.1 Å². The van der Waals surface area contributed by atoms with Gasteiger partial charge in [-0.1, -0.05) is 12.1 Å². The predicted octanol–water partition coefficient (Wildman–Crippen LogP) is 3.10. The quantitative estimate of drug-likeness (QED) is 0.794. The van der Waals surface area contributed by atoms with Crippen molar-refractivity contribution in [3.8, 4) is 22.6 Å². The van der Waals surface area contributed by atoms with Gasteiger partial charge in [-0.3, -0.25) is 4.79 Å². The molecule has 0 saturated heterocycles. The Morgan fingerprint density at radius 2 is 2.00 bits per heavy atom. The lowest BCUT2D eigenvalue weighted by molar-refractivity contribution is 0.112. The highest BCUT2D eigenvalue weighted by Crippen LogP contribution is 2.47. The second-order valence-corrected chi connectivity index (χ2v) is 5.24. The lowest BCUT2D eigenvalue weighted by Gasteiger charge is -2.25. The summed E-state index contributed by atoms with van der Waals surface area (Å²) >= 11 is 0. The first-order valence-electron chi connectivity index (χ1n) is 6.83. The first-order valence-corrected chi connectivity index (χ1v) is 6.83. The van der Waals surface area contributed by atoms with E-state index in [9.17, 15) is 4.79 Å². The minimum atomic E-state index is 0.506. The van der Waals surface area contributed by atoms with E-state index in [0.29, 0.717) is 36.9 Å². The van der Waals surface area contributed by atoms with E-state index in [1.165, 1.54) is 11.1 Å². The number of ether oxygens (including phenoxy) is 3. The molecule has 0 fully saturated rings. The van der Waals surface area contributed by atoms with Crippen LogP contribution in [0.4, 0.5) is 0 Å². The van der Waals surface area contributed by atoms with Gasteiger partial charge in [0, 0.05) is 11.1 Å². The van der Waals surface area contributed by atoms with Gasteiger partial charge in [0.15, 0.2) is 11.5 Å². The third-order valence-corrected chi connectivity index (χ3v) is 4.07. The summed E-state index contributed by atoms with van der Waals surface area (Å²) in [5, 5.41) is 0. The summed E-state index contributed by atoms with van der Waals surface area (Å²) in [6.45, 7) is 1.75. The molecule has 2 heterocycles. The van der Waals surface area contributed by atoms with Gasteiger partial charge in [-0.05, 0) is 34.4 Å². The maximum atomic E-state index is 11.2. The predicted molar refractivity (Wildman–Crippen MR) is 76.6 cm³/mol. The van der Waals surface area contributed by atoms with Crippen LogP contribution in [-0.2, 0) is 24.6 Å². The molecule has 0 amide bonds. The average molecular weight is 282 g/mol. The zero-order chi connectivity index (χ0) is 14.4. The largest absolute Gasteiger partial charge is 0.493 e. The van der Waals surface area contributed by atoms with Crippen LogP contribution in [0.15, 0.2) is 24.3 Å². The Hall–Kier alpha value is -2.33. The van der Waals surface area contributed by atoms with Crippen molar-refractivity contribution in [2.45, 2.75) is 19.8 Å². The molecule has 0 aliphatic carbocycles. The van der Waals surface area contributed by atoms with Crippen LogP contribution in [0.2, 0.25) is 0 Å². The van der Waals surface area contributed by atoms with Gasteiger partial charge < -0.3 is 14.2 Å². The first kappa shape index (κ1) is 12.4. The lowest BCUT2D eigenvalue weighted by Crippen LogP contribution is -2.09. The molecule has 0 bridgehead atoms. The molecule has 0 unspecified atom stereocenters. The first-order chi connectivity index (χ1) is 10.3. The van der Waals surface area contributed by atoms with Gasteiger partial charge >= 0.3 is 0 Å². The molecule has 106 valence electrons. The van der Waals surface area contributed by atoms with Crippen LogP contribution in [-0.4, -0.2) is 13.4 Å². The fourth-order valence-corrected chi connectivity index (χ4v) is 3.09. The molecule has 0 N–H and O–H groups in total. The maximum absolute atomic E-state index is 11.2. The fraction of sp³-hybridized carbons (Fsp3) is 0.235. The molecule has 0 atom stereocenters. The topological polar surface area (TPSA) is 44.8 Å². The van der Waals surface area contributed by atoms with E-state index in [2.05, 4.69) is 12.1 Å². The number of methoxy groups -OCH3 is 1. The molecule has 2 aliphatic rings. The second kappa shape index (κ2) is 4.60. The molecule has 4 heteroatoms. The Labute approximate surface area is 122 Å². The van der Waals surface area contributed by atoms with Crippen molar-refractivity contribution in [2.24, 2.45) is 0 Å². The fourth-order valence-electron chi connectivity index (χ4n) is 3.09. The molecule has 4 rings (SSSR count). The van der Waals surface area contributed by atoms with E-state index < -0.39 is 0 Å². The number of rotatable bonds is 2. The van der Waals surface area contributed by atoms with Crippen molar-refractivity contribution >= 4 is 6.29 Å². The van der Waals surface area contributed by atoms with Crippen LogP contribution in [0.5, 0.6) is 11.5 Å². The number of hydrogen-bond donors (Lipinski definition) is 0. The molecule has 21 heavy (non-hydrogen) atoms. The molecule has 0 radical (unpaired) electrons. The number of carbonyl (C=O) groups is 1. The van der Waals surface area contributed by atoms with Crippen LogP contribution in [0.3, 0.4) is 0 Å². The van der Waals surface area contributed by atoms with E-state index >= 15 is 0 Å². The smallest absolute Gasteiger partial charge is 0.169 e. The third-order valence-electron chi connectivity index (χ3n) is 4.07. The number of fused-ring (bicyclic) bond motifs is 5. The number of carbonyl (C=O) groups excluding carboxylic acids is 1. The summed E-state index contributed by atoms with van der Waals surface area (Å²) in [5.41, 5.74) is 6.16. The Bertz CT molecular complexity index is 749. The Morgan fingerprint density at radius 1 is 1.14 bits per heavy atom. The van der Waals surface area contributed by atoms with E-state index in [1.807, 2.05) is 6.07 Å². The zero-order valence-corrected chi connectivity index (χ0v) is 11.6. The van der Waals surface area contributed by atoms with E-state index in [-0.39, 0.29) is 0 Å². The Kier molecular flexibility index (Phi) is 2.72. The summed E-state index contributed by atoms with van der Waals surface area (Å²) in [6.07, 6.45) is 0.830. The van der Waals surface area contributed by atoms with Crippen molar-refractivity contribution < 1.29 is 19.0 Å². The molecular weight excluding hydrogens is 268 g/mol. The molecule has 0 saturated carbocycles. The Morgan fingerprint density at radius 3 is 2.81 bits per heavy atom. The Balaban J connectivity index is 2.03. The van der Waals surface area contributed by atoms with Gasteiger partial charge in [-0.15, -0.1) is 0 Å². The average Bonchev–Trinajstić information content (AvgIpc) is 3.01. The summed E-state index contributed by atoms with van der Waals surface area (Å²) < 4.78 is 16.8. The van der Waals surface area contributed by atoms with Crippen molar-refractivity contribution in [1.29, 1.82) is 0 Å². The summed E-state index contributed by atoms with van der Waals surface area (Å²) in [7, 11) is 1.58. The van der Waals surface area contributed by atoms with Gasteiger partial charge in [-0.2, -0.15) is 0 Å². The van der Waals surface area contributed by atoms with Crippen LogP contribution >= 0.6 is 0 Å². The van der Waals surface area contributed by atoms with E-state index in [1.54, 1.807) is 13.2 Å². The molecule has 2 aliphatic heterocycles. The van der Waals surface area contributed by atoms with Crippen molar-refractivity contribution in [2.75, 3.05) is 7.11 Å². The highest BCUT2D eigenvalue weighted by atomic mass is 16.5. The van der Waals surface area contributed by atoms with E-state index in [4.69, 9.17) is 14.2 Å². The highest BCUT2D eigenvalue weighted by molar-refractivity contribution is 5.87.